The van der Waals surface area contributed by atoms with Crippen molar-refractivity contribution in [3.63, 3.8) is 0 Å². The number of sulfonamides is 1. The number of nitrogens with zero attached hydrogens (tertiary/aromatic N) is 2. The lowest BCUT2D eigenvalue weighted by molar-refractivity contribution is 0.287. The van der Waals surface area contributed by atoms with E-state index in [4.69, 9.17) is 5.11 Å². The van der Waals surface area contributed by atoms with Gasteiger partial charge in [0.25, 0.3) is 0 Å². The molecule has 7 heteroatoms. The van der Waals surface area contributed by atoms with Crippen LogP contribution in [-0.4, -0.2) is 42.0 Å². The topological polar surface area (TPSA) is 84.2 Å². The maximum absolute atomic E-state index is 11.4. The van der Waals surface area contributed by atoms with E-state index in [-0.39, 0.29) is 12.4 Å². The standard InChI is InChI=1S/C9H17N3O3S/c13-7-1-2-8-16(14,15)11-4-6-12-5-3-10-9-12/h3,5,9,11,13H,1-2,4,6-8H2. The predicted molar refractivity (Wildman–Crippen MR) is 60.3 cm³/mol. The molecule has 1 heterocycles. The molecule has 0 aliphatic rings. The van der Waals surface area contributed by atoms with Gasteiger partial charge in [-0.1, -0.05) is 0 Å². The van der Waals surface area contributed by atoms with Gasteiger partial charge in [0.1, 0.15) is 0 Å². The molecule has 0 aliphatic carbocycles. The Labute approximate surface area is 95.4 Å². The second-order valence-electron chi connectivity index (χ2n) is 3.44. The molecule has 92 valence electrons. The van der Waals surface area contributed by atoms with Crippen LogP contribution in [-0.2, 0) is 16.6 Å². The Morgan fingerprint density at radius 2 is 2.19 bits per heavy atom. The Balaban J connectivity index is 2.20. The van der Waals surface area contributed by atoms with Crippen LogP contribution < -0.4 is 4.72 Å². The Morgan fingerprint density at radius 3 is 2.81 bits per heavy atom. The van der Waals surface area contributed by atoms with Crippen molar-refractivity contribution in [3.8, 4) is 0 Å². The van der Waals surface area contributed by atoms with Crippen LogP contribution in [0.25, 0.3) is 0 Å². The number of rotatable bonds is 8. The quantitative estimate of drug-likeness (QED) is 0.611. The van der Waals surface area contributed by atoms with Crippen LogP contribution in [0.15, 0.2) is 18.7 Å². The van der Waals surface area contributed by atoms with E-state index in [9.17, 15) is 8.42 Å². The first-order chi connectivity index (χ1) is 7.64. The highest BCUT2D eigenvalue weighted by atomic mass is 32.2. The molecule has 0 saturated carbocycles. The van der Waals surface area contributed by atoms with E-state index in [1.165, 1.54) is 0 Å². The van der Waals surface area contributed by atoms with E-state index in [2.05, 4.69) is 9.71 Å². The predicted octanol–water partition coefficient (Wildman–Crippen LogP) is -0.425. The Bertz CT molecular complexity index is 375. The number of aliphatic hydroxyl groups excluding tert-OH is 1. The summed E-state index contributed by atoms with van der Waals surface area (Å²) in [6.07, 6.45) is 6.06. The van der Waals surface area contributed by atoms with Crippen molar-refractivity contribution in [2.24, 2.45) is 0 Å². The van der Waals surface area contributed by atoms with Crippen molar-refractivity contribution in [2.75, 3.05) is 18.9 Å². The molecule has 6 nitrogen and oxygen atoms in total. The zero-order valence-corrected chi connectivity index (χ0v) is 9.86. The molecule has 0 saturated heterocycles. The first-order valence-corrected chi connectivity index (χ1v) is 6.83. The Kier molecular flexibility index (Phi) is 5.44. The molecule has 0 spiro atoms. The van der Waals surface area contributed by atoms with Crippen molar-refractivity contribution in [1.29, 1.82) is 0 Å². The van der Waals surface area contributed by atoms with Crippen molar-refractivity contribution in [2.45, 2.75) is 19.4 Å². The number of hydrogen-bond donors (Lipinski definition) is 2. The molecular weight excluding hydrogens is 230 g/mol. The Morgan fingerprint density at radius 1 is 1.38 bits per heavy atom. The molecule has 0 atom stereocenters. The van der Waals surface area contributed by atoms with Crippen LogP contribution in [0.3, 0.4) is 0 Å². The molecule has 16 heavy (non-hydrogen) atoms. The summed E-state index contributed by atoms with van der Waals surface area (Å²) in [5.74, 6) is 0.0670. The van der Waals surface area contributed by atoms with E-state index in [0.29, 0.717) is 25.9 Å². The zero-order chi connectivity index (χ0) is 11.9. The number of nitrogens with one attached hydrogen (secondary N) is 1. The highest BCUT2D eigenvalue weighted by Crippen LogP contribution is 1.94. The van der Waals surface area contributed by atoms with Crippen molar-refractivity contribution in [3.05, 3.63) is 18.7 Å². The van der Waals surface area contributed by atoms with Gasteiger partial charge >= 0.3 is 0 Å². The average Bonchev–Trinajstić information content (AvgIpc) is 2.70. The van der Waals surface area contributed by atoms with Crippen LogP contribution in [0, 0.1) is 0 Å². The number of aromatic nitrogens is 2. The summed E-state index contributed by atoms with van der Waals surface area (Å²) >= 11 is 0. The molecule has 0 bridgehead atoms. The number of unbranched alkanes of at least 4 members (excludes halogenated alkanes) is 1. The minimum Gasteiger partial charge on any atom is -0.396 e. The fourth-order valence-corrected chi connectivity index (χ4v) is 2.36. The molecular formula is C9H17N3O3S. The summed E-state index contributed by atoms with van der Waals surface area (Å²) in [5.41, 5.74) is 0. The first-order valence-electron chi connectivity index (χ1n) is 5.18. The summed E-state index contributed by atoms with van der Waals surface area (Å²) in [4.78, 5) is 3.86. The van der Waals surface area contributed by atoms with Crippen molar-refractivity contribution in [1.82, 2.24) is 14.3 Å². The summed E-state index contributed by atoms with van der Waals surface area (Å²) in [7, 11) is -3.20. The number of aliphatic hydroxyl groups is 1. The van der Waals surface area contributed by atoms with Gasteiger partial charge in [0.2, 0.25) is 10.0 Å². The molecule has 0 radical (unpaired) electrons. The molecule has 2 N–H and O–H groups in total. The summed E-state index contributed by atoms with van der Waals surface area (Å²) in [5, 5.41) is 8.54. The van der Waals surface area contributed by atoms with Gasteiger partial charge < -0.3 is 9.67 Å². The zero-order valence-electron chi connectivity index (χ0n) is 9.04. The van der Waals surface area contributed by atoms with Crippen LogP contribution >= 0.6 is 0 Å². The van der Waals surface area contributed by atoms with Crippen LogP contribution in [0.4, 0.5) is 0 Å². The van der Waals surface area contributed by atoms with E-state index in [1.54, 1.807) is 23.3 Å². The maximum Gasteiger partial charge on any atom is 0.211 e. The maximum atomic E-state index is 11.4. The third-order valence-electron chi connectivity index (χ3n) is 2.07. The fraction of sp³-hybridized carbons (Fsp3) is 0.667. The van der Waals surface area contributed by atoms with E-state index in [1.807, 2.05) is 0 Å². The van der Waals surface area contributed by atoms with Gasteiger partial charge in [-0.05, 0) is 12.8 Å². The first kappa shape index (κ1) is 13.1. The average molecular weight is 247 g/mol. The van der Waals surface area contributed by atoms with Gasteiger partial charge in [-0.25, -0.2) is 18.1 Å². The van der Waals surface area contributed by atoms with Crippen molar-refractivity contribution < 1.29 is 13.5 Å². The van der Waals surface area contributed by atoms with Crippen LogP contribution in [0.1, 0.15) is 12.8 Å². The molecule has 1 aromatic heterocycles. The number of hydrogen-bond acceptors (Lipinski definition) is 4. The van der Waals surface area contributed by atoms with Gasteiger partial charge in [0.05, 0.1) is 12.1 Å². The number of imidazole rings is 1. The molecule has 0 unspecified atom stereocenters. The smallest absolute Gasteiger partial charge is 0.211 e. The van der Waals surface area contributed by atoms with Gasteiger partial charge in [0.15, 0.2) is 0 Å². The lowest BCUT2D eigenvalue weighted by Crippen LogP contribution is -2.29. The summed E-state index contributed by atoms with van der Waals surface area (Å²) in [6, 6.07) is 0. The lowest BCUT2D eigenvalue weighted by Gasteiger charge is -2.06. The van der Waals surface area contributed by atoms with Gasteiger partial charge in [-0.2, -0.15) is 0 Å². The monoisotopic (exact) mass is 247 g/mol. The summed E-state index contributed by atoms with van der Waals surface area (Å²) in [6.45, 7) is 0.960. The SMILES string of the molecule is O=S(=O)(CCCCO)NCCn1ccnc1. The van der Waals surface area contributed by atoms with Gasteiger partial charge in [-0.15, -0.1) is 0 Å². The normalized spacial score (nSPS) is 11.8. The molecule has 0 amide bonds. The molecule has 1 rings (SSSR count). The minimum absolute atomic E-state index is 0.0323. The fourth-order valence-electron chi connectivity index (χ4n) is 1.23. The highest BCUT2D eigenvalue weighted by Gasteiger charge is 2.08. The second kappa shape index (κ2) is 6.62. The third kappa shape index (κ3) is 5.24. The Hall–Kier alpha value is -0.920. The van der Waals surface area contributed by atoms with Crippen LogP contribution in [0.2, 0.25) is 0 Å². The molecule has 1 aromatic rings. The largest absolute Gasteiger partial charge is 0.396 e. The highest BCUT2D eigenvalue weighted by molar-refractivity contribution is 7.89. The van der Waals surface area contributed by atoms with E-state index >= 15 is 0 Å². The van der Waals surface area contributed by atoms with E-state index in [0.717, 1.165) is 0 Å². The lowest BCUT2D eigenvalue weighted by atomic mass is 10.4. The summed E-state index contributed by atoms with van der Waals surface area (Å²) < 4.78 is 27.1. The third-order valence-corrected chi connectivity index (χ3v) is 3.54. The second-order valence-corrected chi connectivity index (χ2v) is 5.37. The van der Waals surface area contributed by atoms with Gasteiger partial charge in [-0.3, -0.25) is 0 Å². The van der Waals surface area contributed by atoms with Crippen molar-refractivity contribution >= 4 is 10.0 Å². The minimum atomic E-state index is -3.20. The van der Waals surface area contributed by atoms with Crippen LogP contribution in [0.5, 0.6) is 0 Å². The van der Waals surface area contributed by atoms with Gasteiger partial charge in [0, 0.05) is 32.1 Å². The molecule has 0 aromatic carbocycles. The molecule has 0 aliphatic heterocycles. The van der Waals surface area contributed by atoms with E-state index < -0.39 is 10.0 Å². The molecule has 0 fully saturated rings.